The van der Waals surface area contributed by atoms with E-state index in [9.17, 15) is 0 Å². The summed E-state index contributed by atoms with van der Waals surface area (Å²) in [7, 11) is 0. The van der Waals surface area contributed by atoms with E-state index >= 15 is 0 Å². The van der Waals surface area contributed by atoms with Crippen LogP contribution in [0.15, 0.2) is 24.4 Å². The minimum absolute atomic E-state index is 0.155. The first-order chi connectivity index (χ1) is 8.91. The van der Waals surface area contributed by atoms with Gasteiger partial charge in [0.15, 0.2) is 0 Å². The third kappa shape index (κ3) is 3.04. The Balaban J connectivity index is 2.42. The first-order valence-electron chi connectivity index (χ1n) is 6.77. The molecule has 3 nitrogen and oxygen atoms in total. The molecule has 0 saturated carbocycles. The second kappa shape index (κ2) is 5.17. The van der Waals surface area contributed by atoms with Gasteiger partial charge in [-0.2, -0.15) is 0 Å². The van der Waals surface area contributed by atoms with E-state index in [2.05, 4.69) is 55.9 Å². The number of aryl methyl sites for hydroxylation is 1. The number of nitrogens with one attached hydrogen (secondary N) is 1. The Hall–Kier alpha value is -1.61. The van der Waals surface area contributed by atoms with Crippen LogP contribution in [-0.4, -0.2) is 16.5 Å². The van der Waals surface area contributed by atoms with Crippen LogP contribution in [0.4, 0.5) is 0 Å². The van der Waals surface area contributed by atoms with Crippen LogP contribution in [0.1, 0.15) is 37.7 Å². The molecule has 1 heterocycles. The second-order valence-electron chi connectivity index (χ2n) is 6.06. The van der Waals surface area contributed by atoms with E-state index in [0.29, 0.717) is 6.54 Å². The van der Waals surface area contributed by atoms with Crippen LogP contribution in [0.25, 0.3) is 11.3 Å². The van der Waals surface area contributed by atoms with Gasteiger partial charge in [0.05, 0.1) is 11.9 Å². The number of hydrogen-bond donors (Lipinski definition) is 2. The zero-order valence-corrected chi connectivity index (χ0v) is 12.2. The predicted octanol–water partition coefficient (Wildman–Crippen LogP) is 3.18. The van der Waals surface area contributed by atoms with E-state index in [1.165, 1.54) is 16.7 Å². The second-order valence-corrected chi connectivity index (χ2v) is 6.06. The quantitative estimate of drug-likeness (QED) is 0.887. The summed E-state index contributed by atoms with van der Waals surface area (Å²) in [5.74, 6) is 0.957. The largest absolute Gasteiger partial charge is 0.342 e. The van der Waals surface area contributed by atoms with Gasteiger partial charge in [0.1, 0.15) is 5.82 Å². The Morgan fingerprint density at radius 1 is 1.26 bits per heavy atom. The first-order valence-corrected chi connectivity index (χ1v) is 6.77. The average molecular weight is 257 g/mol. The molecule has 0 aliphatic rings. The van der Waals surface area contributed by atoms with Crippen molar-refractivity contribution in [2.24, 2.45) is 5.73 Å². The summed E-state index contributed by atoms with van der Waals surface area (Å²) in [5.41, 5.74) is 10.6. The van der Waals surface area contributed by atoms with Gasteiger partial charge in [-0.05, 0) is 36.1 Å². The summed E-state index contributed by atoms with van der Waals surface area (Å²) in [4.78, 5) is 7.74. The van der Waals surface area contributed by atoms with Crippen molar-refractivity contribution < 1.29 is 0 Å². The number of benzene rings is 1. The molecule has 0 fully saturated rings. The first kappa shape index (κ1) is 13.8. The number of aromatic amines is 1. The van der Waals surface area contributed by atoms with Crippen molar-refractivity contribution in [3.05, 3.63) is 41.3 Å². The van der Waals surface area contributed by atoms with Crippen molar-refractivity contribution in [1.82, 2.24) is 9.97 Å². The third-order valence-electron chi connectivity index (χ3n) is 3.40. The molecule has 0 radical (unpaired) electrons. The molecule has 0 atom stereocenters. The number of aromatic nitrogens is 2. The summed E-state index contributed by atoms with van der Waals surface area (Å²) in [5, 5.41) is 0. The topological polar surface area (TPSA) is 54.7 Å². The maximum absolute atomic E-state index is 5.56. The van der Waals surface area contributed by atoms with Gasteiger partial charge in [0.2, 0.25) is 0 Å². The maximum Gasteiger partial charge on any atom is 0.107 e. The fourth-order valence-corrected chi connectivity index (χ4v) is 2.14. The highest BCUT2D eigenvalue weighted by atomic mass is 14.9. The number of nitrogens with zero attached hydrogens (tertiary/aromatic N) is 1. The van der Waals surface area contributed by atoms with Crippen molar-refractivity contribution in [1.29, 1.82) is 0 Å². The molecule has 102 valence electrons. The van der Waals surface area contributed by atoms with E-state index in [-0.39, 0.29) is 5.41 Å². The van der Waals surface area contributed by atoms with E-state index in [1.807, 2.05) is 6.20 Å². The van der Waals surface area contributed by atoms with Gasteiger partial charge in [0.25, 0.3) is 0 Å². The van der Waals surface area contributed by atoms with Crippen LogP contribution < -0.4 is 5.73 Å². The summed E-state index contributed by atoms with van der Waals surface area (Å²) in [6.07, 6.45) is 2.69. The molecule has 0 spiro atoms. The van der Waals surface area contributed by atoms with Gasteiger partial charge in [-0.15, -0.1) is 0 Å². The molecule has 2 rings (SSSR count). The highest BCUT2D eigenvalue weighted by Crippen LogP contribution is 2.29. The lowest BCUT2D eigenvalue weighted by atomic mass is 9.85. The molecule has 2 aromatic rings. The standard InChI is InChI=1S/C16H23N3/c1-11-5-6-12(16(2,3)4)9-13(11)14-10-18-15(19-14)7-8-17/h5-6,9-10H,7-8,17H2,1-4H3,(H,18,19). The lowest BCUT2D eigenvalue weighted by Gasteiger charge is -2.20. The maximum atomic E-state index is 5.56. The minimum Gasteiger partial charge on any atom is -0.342 e. The molecule has 0 aliphatic heterocycles. The lowest BCUT2D eigenvalue weighted by molar-refractivity contribution is 0.590. The van der Waals surface area contributed by atoms with Gasteiger partial charge in [-0.25, -0.2) is 4.98 Å². The lowest BCUT2D eigenvalue weighted by Crippen LogP contribution is -2.11. The molecule has 19 heavy (non-hydrogen) atoms. The van der Waals surface area contributed by atoms with E-state index in [4.69, 9.17) is 5.73 Å². The van der Waals surface area contributed by atoms with Gasteiger partial charge in [-0.1, -0.05) is 32.9 Å². The highest BCUT2D eigenvalue weighted by molar-refractivity contribution is 5.64. The molecule has 0 aliphatic carbocycles. The Kier molecular flexibility index (Phi) is 3.76. The molecule has 1 aromatic heterocycles. The number of hydrogen-bond acceptors (Lipinski definition) is 2. The summed E-state index contributed by atoms with van der Waals surface area (Å²) < 4.78 is 0. The molecule has 0 amide bonds. The average Bonchev–Trinajstić information content (AvgIpc) is 2.77. The zero-order chi connectivity index (χ0) is 14.0. The van der Waals surface area contributed by atoms with Crippen molar-refractivity contribution in [2.75, 3.05) is 6.54 Å². The van der Waals surface area contributed by atoms with Crippen LogP contribution in [0, 0.1) is 6.92 Å². The van der Waals surface area contributed by atoms with Gasteiger partial charge < -0.3 is 10.7 Å². The Bertz CT molecular complexity index is 562. The van der Waals surface area contributed by atoms with Crippen molar-refractivity contribution in [3.8, 4) is 11.3 Å². The Morgan fingerprint density at radius 2 is 2.00 bits per heavy atom. The summed E-state index contributed by atoms with van der Waals surface area (Å²) in [6, 6.07) is 6.64. The molecule has 0 unspecified atom stereocenters. The zero-order valence-electron chi connectivity index (χ0n) is 12.2. The minimum atomic E-state index is 0.155. The SMILES string of the molecule is Cc1ccc(C(C)(C)C)cc1-c1cnc(CCN)[nH]1. The molecular weight excluding hydrogens is 234 g/mol. The molecule has 0 saturated heterocycles. The molecule has 1 aromatic carbocycles. The molecule has 0 bridgehead atoms. The van der Waals surface area contributed by atoms with Crippen molar-refractivity contribution >= 4 is 0 Å². The number of nitrogens with two attached hydrogens (primary N) is 1. The Labute approximate surface area is 115 Å². The summed E-state index contributed by atoms with van der Waals surface area (Å²) >= 11 is 0. The number of rotatable bonds is 3. The highest BCUT2D eigenvalue weighted by Gasteiger charge is 2.16. The van der Waals surface area contributed by atoms with Gasteiger partial charge in [-0.3, -0.25) is 0 Å². The van der Waals surface area contributed by atoms with E-state index in [0.717, 1.165) is 17.9 Å². The molecular formula is C16H23N3. The molecule has 3 N–H and O–H groups in total. The summed E-state index contributed by atoms with van der Waals surface area (Å²) in [6.45, 7) is 9.44. The third-order valence-corrected chi connectivity index (χ3v) is 3.40. The van der Waals surface area contributed by atoms with Gasteiger partial charge in [0, 0.05) is 12.0 Å². The van der Waals surface area contributed by atoms with Crippen LogP contribution >= 0.6 is 0 Å². The fraction of sp³-hybridized carbons (Fsp3) is 0.438. The predicted molar refractivity (Wildman–Crippen MR) is 80.2 cm³/mol. The van der Waals surface area contributed by atoms with Crippen LogP contribution in [0.5, 0.6) is 0 Å². The monoisotopic (exact) mass is 257 g/mol. The van der Waals surface area contributed by atoms with E-state index in [1.54, 1.807) is 0 Å². The smallest absolute Gasteiger partial charge is 0.107 e. The van der Waals surface area contributed by atoms with Crippen molar-refractivity contribution in [2.45, 2.75) is 39.5 Å². The van der Waals surface area contributed by atoms with Crippen LogP contribution in [0.2, 0.25) is 0 Å². The van der Waals surface area contributed by atoms with E-state index < -0.39 is 0 Å². The normalized spacial score (nSPS) is 11.8. The Morgan fingerprint density at radius 3 is 2.63 bits per heavy atom. The fourth-order valence-electron chi connectivity index (χ4n) is 2.14. The van der Waals surface area contributed by atoms with Crippen molar-refractivity contribution in [3.63, 3.8) is 0 Å². The number of imidazole rings is 1. The molecule has 3 heteroatoms. The number of H-pyrrole nitrogens is 1. The van der Waals surface area contributed by atoms with Crippen LogP contribution in [0.3, 0.4) is 0 Å². The van der Waals surface area contributed by atoms with Crippen LogP contribution in [-0.2, 0) is 11.8 Å². The van der Waals surface area contributed by atoms with Gasteiger partial charge >= 0.3 is 0 Å².